The number of rotatable bonds is 4. The summed E-state index contributed by atoms with van der Waals surface area (Å²) in [7, 11) is 0. The number of anilines is 1. The molecule has 1 saturated heterocycles. The predicted molar refractivity (Wildman–Crippen MR) is 86.6 cm³/mol. The van der Waals surface area contributed by atoms with Crippen LogP contribution in [-0.4, -0.2) is 38.3 Å². The van der Waals surface area contributed by atoms with Gasteiger partial charge >= 0.3 is 0 Å². The van der Waals surface area contributed by atoms with Crippen LogP contribution >= 0.6 is 0 Å². The van der Waals surface area contributed by atoms with Crippen molar-refractivity contribution in [1.82, 2.24) is 5.32 Å². The standard InChI is InChI=1S/C17H25N3O2/c18-15-6-5-13(11-15)17(21)19-12-14-3-1-2-4-16(14)20-7-9-22-10-8-20/h1-4,13,15H,5-12,18H2,(H,19,21). The first-order chi connectivity index (χ1) is 10.7. The maximum Gasteiger partial charge on any atom is 0.223 e. The lowest BCUT2D eigenvalue weighted by Crippen LogP contribution is -2.37. The van der Waals surface area contributed by atoms with Gasteiger partial charge in [-0.25, -0.2) is 0 Å². The van der Waals surface area contributed by atoms with Gasteiger partial charge in [0.05, 0.1) is 13.2 Å². The number of morpholine rings is 1. The Kier molecular flexibility index (Phi) is 4.95. The summed E-state index contributed by atoms with van der Waals surface area (Å²) in [5.41, 5.74) is 8.26. The highest BCUT2D eigenvalue weighted by atomic mass is 16.5. The number of nitrogens with one attached hydrogen (secondary N) is 1. The van der Waals surface area contributed by atoms with Gasteiger partial charge in [0.25, 0.3) is 0 Å². The van der Waals surface area contributed by atoms with Crippen molar-refractivity contribution < 1.29 is 9.53 Å². The highest BCUT2D eigenvalue weighted by molar-refractivity contribution is 5.79. The van der Waals surface area contributed by atoms with Gasteiger partial charge in [0.2, 0.25) is 5.91 Å². The highest BCUT2D eigenvalue weighted by Crippen LogP contribution is 2.25. The Morgan fingerprint density at radius 2 is 2.05 bits per heavy atom. The summed E-state index contributed by atoms with van der Waals surface area (Å²) in [5, 5.41) is 3.09. The van der Waals surface area contributed by atoms with Crippen LogP contribution < -0.4 is 16.0 Å². The van der Waals surface area contributed by atoms with E-state index in [4.69, 9.17) is 10.5 Å². The number of amides is 1. The molecular weight excluding hydrogens is 278 g/mol. The number of nitrogens with two attached hydrogens (primary N) is 1. The molecule has 2 unspecified atom stereocenters. The molecule has 2 fully saturated rings. The molecule has 2 atom stereocenters. The van der Waals surface area contributed by atoms with Gasteiger partial charge in [0.15, 0.2) is 0 Å². The molecular formula is C17H25N3O2. The minimum Gasteiger partial charge on any atom is -0.378 e. The Labute approximate surface area is 131 Å². The van der Waals surface area contributed by atoms with Crippen molar-refractivity contribution in [3.05, 3.63) is 29.8 Å². The van der Waals surface area contributed by atoms with Crippen molar-refractivity contribution in [2.45, 2.75) is 31.8 Å². The van der Waals surface area contributed by atoms with Gasteiger partial charge in [-0.1, -0.05) is 18.2 Å². The van der Waals surface area contributed by atoms with Gasteiger partial charge in [-0.15, -0.1) is 0 Å². The van der Waals surface area contributed by atoms with Crippen LogP contribution in [0, 0.1) is 5.92 Å². The number of nitrogens with zero attached hydrogens (tertiary/aromatic N) is 1. The molecule has 22 heavy (non-hydrogen) atoms. The zero-order chi connectivity index (χ0) is 15.4. The highest BCUT2D eigenvalue weighted by Gasteiger charge is 2.27. The Hall–Kier alpha value is -1.59. The maximum atomic E-state index is 12.3. The number of ether oxygens (including phenoxy) is 1. The molecule has 1 amide bonds. The quantitative estimate of drug-likeness (QED) is 0.879. The number of hydrogen-bond donors (Lipinski definition) is 2. The number of carbonyl (C=O) groups excluding carboxylic acids is 1. The normalized spacial score (nSPS) is 25.2. The fraction of sp³-hybridized carbons (Fsp3) is 0.588. The van der Waals surface area contributed by atoms with E-state index in [9.17, 15) is 4.79 Å². The second-order valence-electron chi connectivity index (χ2n) is 6.22. The third kappa shape index (κ3) is 3.59. The molecule has 1 aliphatic heterocycles. The lowest BCUT2D eigenvalue weighted by molar-refractivity contribution is -0.125. The summed E-state index contributed by atoms with van der Waals surface area (Å²) in [6.07, 6.45) is 2.69. The van der Waals surface area contributed by atoms with Gasteiger partial charge in [-0.2, -0.15) is 0 Å². The molecule has 3 N–H and O–H groups in total. The molecule has 1 heterocycles. The predicted octanol–water partition coefficient (Wildman–Crippen LogP) is 1.27. The zero-order valence-electron chi connectivity index (χ0n) is 13.0. The van der Waals surface area contributed by atoms with Crippen molar-refractivity contribution in [1.29, 1.82) is 0 Å². The van der Waals surface area contributed by atoms with E-state index >= 15 is 0 Å². The summed E-state index contributed by atoms with van der Waals surface area (Å²) in [6.45, 7) is 3.92. The van der Waals surface area contributed by atoms with Crippen molar-refractivity contribution >= 4 is 11.6 Å². The summed E-state index contributed by atoms with van der Waals surface area (Å²) < 4.78 is 5.41. The fourth-order valence-corrected chi connectivity index (χ4v) is 3.35. The first kappa shape index (κ1) is 15.3. The van der Waals surface area contributed by atoms with Crippen LogP contribution in [0.5, 0.6) is 0 Å². The second-order valence-corrected chi connectivity index (χ2v) is 6.22. The largest absolute Gasteiger partial charge is 0.378 e. The van der Waals surface area contributed by atoms with Crippen LogP contribution in [-0.2, 0) is 16.1 Å². The molecule has 1 aromatic carbocycles. The number of hydrogen-bond acceptors (Lipinski definition) is 4. The Bertz CT molecular complexity index is 514. The van der Waals surface area contributed by atoms with Gasteiger partial charge in [0, 0.05) is 37.3 Å². The van der Waals surface area contributed by atoms with Crippen LogP contribution in [0.2, 0.25) is 0 Å². The molecule has 120 valence electrons. The SMILES string of the molecule is NC1CCC(C(=O)NCc2ccccc2N2CCOCC2)C1. The average molecular weight is 303 g/mol. The monoisotopic (exact) mass is 303 g/mol. The summed E-state index contributed by atoms with van der Waals surface area (Å²) in [6, 6.07) is 8.48. The lowest BCUT2D eigenvalue weighted by atomic mass is 10.1. The van der Waals surface area contributed by atoms with Crippen LogP contribution in [0.3, 0.4) is 0 Å². The minimum atomic E-state index is 0.0885. The first-order valence-electron chi connectivity index (χ1n) is 8.18. The third-order valence-corrected chi connectivity index (χ3v) is 4.64. The van der Waals surface area contributed by atoms with Gasteiger partial charge in [-0.05, 0) is 30.9 Å². The van der Waals surface area contributed by atoms with Crippen LogP contribution in [0.25, 0.3) is 0 Å². The molecule has 5 heteroatoms. The van der Waals surface area contributed by atoms with E-state index in [1.54, 1.807) is 0 Å². The second kappa shape index (κ2) is 7.11. The molecule has 5 nitrogen and oxygen atoms in total. The van der Waals surface area contributed by atoms with E-state index < -0.39 is 0 Å². The molecule has 0 spiro atoms. The first-order valence-corrected chi connectivity index (χ1v) is 8.18. The minimum absolute atomic E-state index is 0.0885. The molecule has 0 radical (unpaired) electrons. The van der Waals surface area contributed by atoms with Crippen molar-refractivity contribution in [2.75, 3.05) is 31.2 Å². The molecule has 2 aliphatic rings. The molecule has 1 aromatic rings. The van der Waals surface area contributed by atoms with Gasteiger partial charge < -0.3 is 20.7 Å². The summed E-state index contributed by atoms with van der Waals surface area (Å²) in [5.74, 6) is 0.232. The van der Waals surface area contributed by atoms with E-state index in [2.05, 4.69) is 22.3 Å². The van der Waals surface area contributed by atoms with Crippen molar-refractivity contribution in [2.24, 2.45) is 11.7 Å². The molecule has 0 aromatic heterocycles. The molecule has 3 rings (SSSR count). The number of carbonyl (C=O) groups is 1. The van der Waals surface area contributed by atoms with E-state index in [1.165, 1.54) is 11.3 Å². The van der Waals surface area contributed by atoms with Gasteiger partial charge in [-0.3, -0.25) is 4.79 Å². The van der Waals surface area contributed by atoms with E-state index in [0.29, 0.717) is 6.54 Å². The van der Waals surface area contributed by atoms with Crippen LogP contribution in [0.15, 0.2) is 24.3 Å². The molecule has 0 bridgehead atoms. The zero-order valence-corrected chi connectivity index (χ0v) is 13.0. The van der Waals surface area contributed by atoms with Crippen LogP contribution in [0.1, 0.15) is 24.8 Å². The Morgan fingerprint density at radius 3 is 2.77 bits per heavy atom. The van der Waals surface area contributed by atoms with Gasteiger partial charge in [0.1, 0.15) is 0 Å². The number of para-hydroxylation sites is 1. The molecule has 1 saturated carbocycles. The Morgan fingerprint density at radius 1 is 1.27 bits per heavy atom. The fourth-order valence-electron chi connectivity index (χ4n) is 3.35. The van der Waals surface area contributed by atoms with E-state index in [0.717, 1.165) is 45.6 Å². The average Bonchev–Trinajstić information content (AvgIpc) is 3.00. The topological polar surface area (TPSA) is 67.6 Å². The lowest BCUT2D eigenvalue weighted by Gasteiger charge is -2.30. The molecule has 1 aliphatic carbocycles. The third-order valence-electron chi connectivity index (χ3n) is 4.64. The van der Waals surface area contributed by atoms with Crippen molar-refractivity contribution in [3.8, 4) is 0 Å². The summed E-state index contributed by atoms with van der Waals surface area (Å²) >= 11 is 0. The number of benzene rings is 1. The van der Waals surface area contributed by atoms with Crippen molar-refractivity contribution in [3.63, 3.8) is 0 Å². The van der Waals surface area contributed by atoms with E-state index in [-0.39, 0.29) is 17.9 Å². The maximum absolute atomic E-state index is 12.3. The Balaban J connectivity index is 1.61. The smallest absolute Gasteiger partial charge is 0.223 e. The van der Waals surface area contributed by atoms with E-state index in [1.807, 2.05) is 12.1 Å². The van der Waals surface area contributed by atoms with Crippen LogP contribution in [0.4, 0.5) is 5.69 Å². The summed E-state index contributed by atoms with van der Waals surface area (Å²) in [4.78, 5) is 14.6.